The zero-order valence-electron chi connectivity index (χ0n) is 8.78. The molecule has 1 aliphatic rings. The number of fused-ring (bicyclic) bond motifs is 3. The quantitative estimate of drug-likeness (QED) is 0.530. The lowest BCUT2D eigenvalue weighted by molar-refractivity contribution is 0.0814. The second kappa shape index (κ2) is 4.07. The largest absolute Gasteiger partial charge is 0.285 e. The number of rotatable bonds is 0. The predicted octanol–water partition coefficient (Wildman–Crippen LogP) is 3.05. The summed E-state index contributed by atoms with van der Waals surface area (Å²) >= 11 is 6.50. The molecule has 1 aliphatic carbocycles. The number of ketones is 2. The molecule has 2 aromatic rings. The van der Waals surface area contributed by atoms with Crippen molar-refractivity contribution >= 4 is 43.4 Å². The highest BCUT2D eigenvalue weighted by Gasteiger charge is 2.32. The molecule has 0 saturated carbocycles. The van der Waals surface area contributed by atoms with Crippen LogP contribution in [0.4, 0.5) is 0 Å². The first kappa shape index (κ1) is 11.7. The summed E-state index contributed by atoms with van der Waals surface area (Å²) in [6.07, 6.45) is 0. The van der Waals surface area contributed by atoms with E-state index in [-0.39, 0.29) is 0 Å². The molecule has 0 fully saturated rings. The summed E-state index contributed by atoms with van der Waals surface area (Å²) in [4.78, 5) is 32.3. The second-order valence-electron chi connectivity index (χ2n) is 3.72. The third-order valence-corrected chi connectivity index (χ3v) is 3.53. The van der Waals surface area contributed by atoms with Crippen LogP contribution >= 0.6 is 31.9 Å². The molecule has 0 aliphatic heterocycles. The lowest BCUT2D eigenvalue weighted by Gasteiger charge is -2.15. The number of hydrogen-bond donors (Lipinski definition) is 0. The number of hydrogen-bond acceptors (Lipinski definition) is 4. The molecule has 2 aromatic heterocycles. The van der Waals surface area contributed by atoms with Gasteiger partial charge in [0.2, 0.25) is 11.6 Å². The van der Waals surface area contributed by atoms with Gasteiger partial charge in [0.05, 0.1) is 11.1 Å². The number of carbonyl (C=O) groups is 2. The van der Waals surface area contributed by atoms with Gasteiger partial charge in [-0.3, -0.25) is 9.59 Å². The zero-order valence-corrected chi connectivity index (χ0v) is 11.9. The number of halogens is 2. The molecule has 0 bridgehead atoms. The van der Waals surface area contributed by atoms with E-state index in [2.05, 4.69) is 41.8 Å². The van der Waals surface area contributed by atoms with Crippen LogP contribution in [0.3, 0.4) is 0 Å². The monoisotopic (exact) mass is 366 g/mol. The average Bonchev–Trinajstić information content (AvgIpc) is 2.36. The molecule has 4 nitrogen and oxygen atoms in total. The molecule has 3 rings (SSSR count). The fraction of sp³-hybridized carbons (Fsp3) is 0. The molecule has 0 atom stereocenters. The fourth-order valence-electron chi connectivity index (χ4n) is 1.84. The number of carbonyl (C=O) groups excluding carboxylic acids is 2. The number of Topliss-reactive ketones (excluding diaryl/α,β-unsaturated/α-hetero) is 2. The Morgan fingerprint density at radius 3 is 1.50 bits per heavy atom. The summed E-state index contributed by atoms with van der Waals surface area (Å²) in [5.41, 5.74) is 1.46. The molecule has 18 heavy (non-hydrogen) atoms. The summed E-state index contributed by atoms with van der Waals surface area (Å²) in [5.74, 6) is -1.08. The van der Waals surface area contributed by atoms with Gasteiger partial charge in [-0.2, -0.15) is 0 Å². The van der Waals surface area contributed by atoms with Crippen LogP contribution in [0.5, 0.6) is 0 Å². The van der Waals surface area contributed by atoms with E-state index in [0.29, 0.717) is 31.7 Å². The van der Waals surface area contributed by atoms with Gasteiger partial charge in [-0.05, 0) is 56.1 Å². The molecular formula is C12H4Br2N2O2. The molecule has 0 N–H and O–H groups in total. The first-order valence-electron chi connectivity index (χ1n) is 5.00. The average molecular weight is 368 g/mol. The molecule has 0 radical (unpaired) electrons. The molecule has 0 spiro atoms. The van der Waals surface area contributed by atoms with E-state index in [1.807, 2.05) is 0 Å². The number of nitrogens with zero attached hydrogens (tertiary/aromatic N) is 2. The van der Waals surface area contributed by atoms with Crippen molar-refractivity contribution in [3.05, 3.63) is 44.6 Å². The van der Waals surface area contributed by atoms with Crippen molar-refractivity contribution in [1.29, 1.82) is 0 Å². The number of pyridine rings is 2. The molecule has 6 heteroatoms. The Hall–Kier alpha value is -1.40. The van der Waals surface area contributed by atoms with Crippen LogP contribution in [0.1, 0.15) is 20.7 Å². The van der Waals surface area contributed by atoms with Crippen molar-refractivity contribution in [1.82, 2.24) is 9.97 Å². The summed E-state index contributed by atoms with van der Waals surface area (Å²) in [5, 5.41) is 0. The Morgan fingerprint density at radius 1 is 0.722 bits per heavy atom. The van der Waals surface area contributed by atoms with Crippen LogP contribution in [-0.4, -0.2) is 21.5 Å². The molecule has 0 aromatic carbocycles. The van der Waals surface area contributed by atoms with Crippen molar-refractivity contribution in [2.45, 2.75) is 0 Å². The standard InChI is InChI=1S/C12H4Br2N2O2/c13-7-3-1-5-9(15-7)10-6(12(18)11(5)17)2-4-8(14)16-10/h1-4H. The van der Waals surface area contributed by atoms with E-state index in [4.69, 9.17) is 0 Å². The van der Waals surface area contributed by atoms with E-state index >= 15 is 0 Å². The molecule has 2 heterocycles. The van der Waals surface area contributed by atoms with Crippen LogP contribution in [0.15, 0.2) is 33.5 Å². The summed E-state index contributed by atoms with van der Waals surface area (Å²) in [6, 6.07) is 6.43. The minimum Gasteiger partial charge on any atom is -0.285 e. The van der Waals surface area contributed by atoms with Gasteiger partial charge < -0.3 is 0 Å². The third-order valence-electron chi connectivity index (χ3n) is 2.64. The maximum absolute atomic E-state index is 11.9. The Bertz CT molecular complexity index is 652. The van der Waals surface area contributed by atoms with Crippen molar-refractivity contribution in [2.24, 2.45) is 0 Å². The maximum Gasteiger partial charge on any atom is 0.235 e. The van der Waals surface area contributed by atoms with Crippen molar-refractivity contribution in [2.75, 3.05) is 0 Å². The van der Waals surface area contributed by atoms with Gasteiger partial charge in [-0.25, -0.2) is 9.97 Å². The van der Waals surface area contributed by atoms with E-state index < -0.39 is 11.6 Å². The van der Waals surface area contributed by atoms with Gasteiger partial charge in [0.1, 0.15) is 20.6 Å². The topological polar surface area (TPSA) is 59.9 Å². The Labute approximate surface area is 119 Å². The van der Waals surface area contributed by atoms with Gasteiger partial charge in [0.25, 0.3) is 0 Å². The highest BCUT2D eigenvalue weighted by molar-refractivity contribution is 9.10. The highest BCUT2D eigenvalue weighted by atomic mass is 79.9. The van der Waals surface area contributed by atoms with Crippen molar-refractivity contribution < 1.29 is 9.59 Å². The minimum atomic E-state index is -0.540. The molecule has 0 amide bonds. The normalized spacial score (nSPS) is 13.2. The van der Waals surface area contributed by atoms with Gasteiger partial charge in [0, 0.05) is 0 Å². The van der Waals surface area contributed by atoms with Gasteiger partial charge in [0.15, 0.2) is 0 Å². The smallest absolute Gasteiger partial charge is 0.235 e. The lowest BCUT2D eigenvalue weighted by Crippen LogP contribution is -2.22. The van der Waals surface area contributed by atoms with Crippen LogP contribution in [0, 0.1) is 0 Å². The predicted molar refractivity (Wildman–Crippen MR) is 71.5 cm³/mol. The SMILES string of the molecule is O=C1C(=O)c2ccc(Br)nc2-c2nc(Br)ccc21. The van der Waals surface area contributed by atoms with Gasteiger partial charge in [-0.15, -0.1) is 0 Å². The molecule has 0 saturated heterocycles. The molecule has 0 unspecified atom stereocenters. The minimum absolute atomic E-state index is 0.293. The van der Waals surface area contributed by atoms with Crippen LogP contribution in [0.2, 0.25) is 0 Å². The summed E-state index contributed by atoms with van der Waals surface area (Å²) in [6.45, 7) is 0. The van der Waals surface area contributed by atoms with E-state index in [0.717, 1.165) is 0 Å². The van der Waals surface area contributed by atoms with E-state index in [1.165, 1.54) is 0 Å². The number of aromatic nitrogens is 2. The van der Waals surface area contributed by atoms with Gasteiger partial charge >= 0.3 is 0 Å². The van der Waals surface area contributed by atoms with Crippen LogP contribution in [-0.2, 0) is 0 Å². The second-order valence-corrected chi connectivity index (χ2v) is 5.34. The summed E-state index contributed by atoms with van der Waals surface area (Å²) < 4.78 is 1.19. The molecule has 88 valence electrons. The lowest BCUT2D eigenvalue weighted by atomic mass is 9.91. The van der Waals surface area contributed by atoms with Crippen LogP contribution in [0.25, 0.3) is 11.4 Å². The Balaban J connectivity index is 2.40. The zero-order chi connectivity index (χ0) is 12.9. The first-order valence-corrected chi connectivity index (χ1v) is 6.59. The molecular weight excluding hydrogens is 364 g/mol. The van der Waals surface area contributed by atoms with Crippen molar-refractivity contribution in [3.8, 4) is 11.4 Å². The highest BCUT2D eigenvalue weighted by Crippen LogP contribution is 2.32. The van der Waals surface area contributed by atoms with E-state index in [1.54, 1.807) is 24.3 Å². The van der Waals surface area contributed by atoms with Crippen molar-refractivity contribution in [3.63, 3.8) is 0 Å². The fourth-order valence-corrected chi connectivity index (χ4v) is 2.46. The summed E-state index contributed by atoms with van der Waals surface area (Å²) in [7, 11) is 0. The first-order chi connectivity index (χ1) is 8.58. The Kier molecular flexibility index (Phi) is 2.64. The third kappa shape index (κ3) is 1.64. The maximum atomic E-state index is 11.9. The Morgan fingerprint density at radius 2 is 1.11 bits per heavy atom. The van der Waals surface area contributed by atoms with E-state index in [9.17, 15) is 9.59 Å². The van der Waals surface area contributed by atoms with Gasteiger partial charge in [-0.1, -0.05) is 0 Å². The van der Waals surface area contributed by atoms with Crippen LogP contribution < -0.4 is 0 Å².